The molecule has 2 aromatic heterocycles. The van der Waals surface area contributed by atoms with Crippen LogP contribution in [-0.4, -0.2) is 30.2 Å². The summed E-state index contributed by atoms with van der Waals surface area (Å²) >= 11 is 0. The van der Waals surface area contributed by atoms with Gasteiger partial charge in [-0.3, -0.25) is 0 Å². The lowest BCUT2D eigenvalue weighted by atomic mass is 10.1. The van der Waals surface area contributed by atoms with Crippen LogP contribution in [0.3, 0.4) is 0 Å². The maximum atomic E-state index is 13.2. The van der Waals surface area contributed by atoms with E-state index >= 15 is 0 Å². The molecular weight excluding hydrogens is 430 g/mol. The van der Waals surface area contributed by atoms with Gasteiger partial charge in [0.15, 0.2) is 16.6 Å². The first-order chi connectivity index (χ1) is 16.3. The van der Waals surface area contributed by atoms with Gasteiger partial charge in [0, 0.05) is 35.8 Å². The second kappa shape index (κ2) is 9.55. The van der Waals surface area contributed by atoms with Gasteiger partial charge in [-0.15, -0.1) is 0 Å². The van der Waals surface area contributed by atoms with Gasteiger partial charge in [-0.1, -0.05) is 18.7 Å². The number of ether oxygens (including phenoxy) is 1. The molecule has 0 N–H and O–H groups in total. The standard InChI is InChI=1S/C27H30N3O4/c1-6-29(7-2)20-13-12-19-16-21(27(32)34-24(19)17-20)25-28(5)22-10-8-9-11-23(22)30(25)14-15-33-26(31)18(3)4/h8-13,16-17H,3,6-7,14-15H2,1-2,4-5H3/q+1. The van der Waals surface area contributed by atoms with E-state index in [0.717, 1.165) is 35.2 Å². The van der Waals surface area contributed by atoms with Crippen LogP contribution in [0.25, 0.3) is 33.4 Å². The van der Waals surface area contributed by atoms with Crippen molar-refractivity contribution in [3.8, 4) is 11.4 Å². The van der Waals surface area contributed by atoms with Gasteiger partial charge in [-0.25, -0.2) is 18.7 Å². The van der Waals surface area contributed by atoms with E-state index in [1.807, 2.05) is 64.7 Å². The van der Waals surface area contributed by atoms with E-state index in [0.29, 0.717) is 29.1 Å². The normalized spacial score (nSPS) is 11.2. The molecule has 0 fully saturated rings. The SMILES string of the molecule is C=C(C)C(=O)OCCn1c(-c2cc3ccc(N(CC)CC)cc3oc2=O)[n+](C)c2ccccc21. The number of hydrogen-bond acceptors (Lipinski definition) is 5. The van der Waals surface area contributed by atoms with Crippen molar-refractivity contribution in [2.45, 2.75) is 27.3 Å². The number of esters is 1. The van der Waals surface area contributed by atoms with Crippen molar-refractivity contribution in [1.29, 1.82) is 0 Å². The van der Waals surface area contributed by atoms with Gasteiger partial charge >= 0.3 is 11.6 Å². The molecule has 0 amide bonds. The molecule has 176 valence electrons. The quantitative estimate of drug-likeness (QED) is 0.171. The first-order valence-electron chi connectivity index (χ1n) is 11.5. The Balaban J connectivity index is 1.83. The van der Waals surface area contributed by atoms with Crippen molar-refractivity contribution in [1.82, 2.24) is 4.57 Å². The summed E-state index contributed by atoms with van der Waals surface area (Å²) in [6, 6.07) is 15.7. The molecule has 0 aliphatic carbocycles. The number of carbonyl (C=O) groups excluding carboxylic acids is 1. The Morgan fingerprint density at radius 2 is 1.88 bits per heavy atom. The van der Waals surface area contributed by atoms with Crippen molar-refractivity contribution in [2.24, 2.45) is 7.05 Å². The molecule has 4 aromatic rings. The van der Waals surface area contributed by atoms with Crippen LogP contribution in [-0.2, 0) is 23.1 Å². The number of imidazole rings is 1. The molecule has 0 saturated carbocycles. The van der Waals surface area contributed by atoms with E-state index in [4.69, 9.17) is 9.15 Å². The zero-order chi connectivity index (χ0) is 24.4. The summed E-state index contributed by atoms with van der Waals surface area (Å²) in [5.41, 5.74) is 3.85. The first kappa shape index (κ1) is 23.3. The third-order valence-corrected chi connectivity index (χ3v) is 6.09. The Kier molecular flexibility index (Phi) is 6.54. The fraction of sp³-hybridized carbons (Fsp3) is 0.296. The summed E-state index contributed by atoms with van der Waals surface area (Å²) in [4.78, 5) is 27.3. The molecule has 0 saturated heterocycles. The van der Waals surface area contributed by atoms with Crippen molar-refractivity contribution in [2.75, 3.05) is 24.6 Å². The highest BCUT2D eigenvalue weighted by Gasteiger charge is 2.27. The molecule has 0 aliphatic heterocycles. The largest absolute Gasteiger partial charge is 0.458 e. The van der Waals surface area contributed by atoms with Gasteiger partial charge in [-0.05, 0) is 51.1 Å². The minimum Gasteiger partial charge on any atom is -0.458 e. The van der Waals surface area contributed by atoms with Crippen molar-refractivity contribution in [3.05, 3.63) is 71.1 Å². The Bertz CT molecular complexity index is 1440. The van der Waals surface area contributed by atoms with Crippen molar-refractivity contribution >= 4 is 33.7 Å². The molecule has 4 rings (SSSR count). The number of aromatic nitrogens is 2. The fourth-order valence-electron chi connectivity index (χ4n) is 4.33. The molecule has 7 heteroatoms. The number of benzene rings is 2. The summed E-state index contributed by atoms with van der Waals surface area (Å²) in [7, 11) is 1.92. The molecule has 0 aliphatic rings. The Hall–Kier alpha value is -3.87. The van der Waals surface area contributed by atoms with E-state index < -0.39 is 11.6 Å². The Morgan fingerprint density at radius 1 is 1.15 bits per heavy atom. The van der Waals surface area contributed by atoms with Crippen LogP contribution in [0, 0.1) is 0 Å². The summed E-state index contributed by atoms with van der Waals surface area (Å²) in [5, 5.41) is 0.844. The van der Waals surface area contributed by atoms with Gasteiger partial charge in [-0.2, -0.15) is 0 Å². The number of hydrogen-bond donors (Lipinski definition) is 0. The molecule has 7 nitrogen and oxygen atoms in total. The number of nitrogens with zero attached hydrogens (tertiary/aromatic N) is 3. The minimum absolute atomic E-state index is 0.156. The number of anilines is 1. The predicted molar refractivity (Wildman–Crippen MR) is 134 cm³/mol. The molecule has 2 heterocycles. The molecule has 0 radical (unpaired) electrons. The Morgan fingerprint density at radius 3 is 2.59 bits per heavy atom. The fourth-order valence-corrected chi connectivity index (χ4v) is 4.33. The van der Waals surface area contributed by atoms with Gasteiger partial charge in [0.25, 0.3) is 5.82 Å². The number of rotatable bonds is 8. The summed E-state index contributed by atoms with van der Waals surface area (Å²) in [5.74, 6) is 0.257. The summed E-state index contributed by atoms with van der Waals surface area (Å²) in [6.07, 6.45) is 0. The lowest BCUT2D eigenvalue weighted by molar-refractivity contribution is -0.634. The van der Waals surface area contributed by atoms with Crippen LogP contribution >= 0.6 is 0 Å². The maximum Gasteiger partial charge on any atom is 0.351 e. The maximum absolute atomic E-state index is 13.2. The van der Waals surface area contributed by atoms with Gasteiger partial charge in [0.1, 0.15) is 18.7 Å². The van der Waals surface area contributed by atoms with Gasteiger partial charge in [0.2, 0.25) is 0 Å². The van der Waals surface area contributed by atoms with Gasteiger partial charge < -0.3 is 14.1 Å². The second-order valence-corrected chi connectivity index (χ2v) is 8.28. The highest BCUT2D eigenvalue weighted by atomic mass is 16.5. The van der Waals surface area contributed by atoms with Crippen LogP contribution in [0.4, 0.5) is 5.69 Å². The first-order valence-corrected chi connectivity index (χ1v) is 11.5. The number of aryl methyl sites for hydroxylation is 1. The number of fused-ring (bicyclic) bond motifs is 2. The lowest BCUT2D eigenvalue weighted by Gasteiger charge is -2.20. The number of para-hydroxylation sites is 2. The molecule has 0 bridgehead atoms. The van der Waals surface area contributed by atoms with E-state index in [-0.39, 0.29) is 6.61 Å². The van der Waals surface area contributed by atoms with Crippen LogP contribution < -0.4 is 15.1 Å². The molecule has 34 heavy (non-hydrogen) atoms. The van der Waals surface area contributed by atoms with Crippen molar-refractivity contribution in [3.63, 3.8) is 0 Å². The predicted octanol–water partition coefficient (Wildman–Crippen LogP) is 4.20. The molecule has 0 spiro atoms. The average Bonchev–Trinajstić information content (AvgIpc) is 3.11. The monoisotopic (exact) mass is 460 g/mol. The average molecular weight is 461 g/mol. The van der Waals surface area contributed by atoms with Crippen LogP contribution in [0.15, 0.2) is 69.9 Å². The third kappa shape index (κ3) is 4.21. The van der Waals surface area contributed by atoms with E-state index in [1.54, 1.807) is 6.92 Å². The van der Waals surface area contributed by atoms with Crippen LogP contribution in [0.5, 0.6) is 0 Å². The zero-order valence-corrected chi connectivity index (χ0v) is 20.1. The lowest BCUT2D eigenvalue weighted by Crippen LogP contribution is -2.32. The molecular formula is C27H30N3O4+. The second-order valence-electron chi connectivity index (χ2n) is 8.28. The minimum atomic E-state index is -0.434. The highest BCUT2D eigenvalue weighted by Crippen LogP contribution is 2.26. The molecule has 2 aromatic carbocycles. The molecule has 0 unspecified atom stereocenters. The van der Waals surface area contributed by atoms with E-state index in [2.05, 4.69) is 25.3 Å². The summed E-state index contributed by atoms with van der Waals surface area (Å²) < 4.78 is 15.1. The number of carbonyl (C=O) groups is 1. The van der Waals surface area contributed by atoms with Crippen LogP contribution in [0.2, 0.25) is 0 Å². The van der Waals surface area contributed by atoms with E-state index in [9.17, 15) is 9.59 Å². The highest BCUT2D eigenvalue weighted by molar-refractivity contribution is 5.87. The smallest absolute Gasteiger partial charge is 0.351 e. The van der Waals surface area contributed by atoms with E-state index in [1.165, 1.54) is 0 Å². The Labute approximate surface area is 198 Å². The topological polar surface area (TPSA) is 68.6 Å². The summed E-state index contributed by atoms with van der Waals surface area (Å²) in [6.45, 7) is 11.7. The van der Waals surface area contributed by atoms with Gasteiger partial charge in [0.05, 0.1) is 7.05 Å². The van der Waals surface area contributed by atoms with Crippen molar-refractivity contribution < 1.29 is 18.5 Å². The zero-order valence-electron chi connectivity index (χ0n) is 20.1. The molecule has 0 atom stereocenters. The van der Waals surface area contributed by atoms with Crippen LogP contribution in [0.1, 0.15) is 20.8 Å². The third-order valence-electron chi connectivity index (χ3n) is 6.09.